The monoisotopic (exact) mass is 859 g/mol. The van der Waals surface area contributed by atoms with Crippen LogP contribution < -0.4 is 0 Å². The van der Waals surface area contributed by atoms with Crippen molar-refractivity contribution in [3.63, 3.8) is 0 Å². The van der Waals surface area contributed by atoms with E-state index in [4.69, 9.17) is 0 Å². The minimum absolute atomic E-state index is 0.949. The minimum atomic E-state index is 0.949. The molecule has 0 aliphatic carbocycles. The molecule has 3 rings (SSSR count). The molecule has 0 aromatic heterocycles. The summed E-state index contributed by atoms with van der Waals surface area (Å²) in [6.45, 7) is 22.4. The summed E-state index contributed by atoms with van der Waals surface area (Å²) in [5.41, 5.74) is 26.6. The summed E-state index contributed by atoms with van der Waals surface area (Å²) >= 11 is 1.07. The van der Waals surface area contributed by atoms with Crippen molar-refractivity contribution in [3.8, 4) is 0 Å². The number of aryl methyl sites for hydroxylation is 4. The number of rotatable bonds is 29. The van der Waals surface area contributed by atoms with Gasteiger partial charge >= 0.3 is 144 Å². The number of unbranched alkanes of at least 4 members (excludes halogenated alkanes) is 17. The van der Waals surface area contributed by atoms with E-state index in [0.717, 1.165) is 72.6 Å². The Bertz CT molecular complexity index is 1410. The average Bonchev–Trinajstić information content (AvgIpc) is 3.42. The molecule has 1 aliphatic rings. The van der Waals surface area contributed by atoms with Crippen molar-refractivity contribution in [2.24, 2.45) is 0 Å². The molecule has 2 aromatic carbocycles. The van der Waals surface area contributed by atoms with Gasteiger partial charge in [0, 0.05) is 22.3 Å². The molecule has 0 saturated carbocycles. The fourth-order valence-electron chi connectivity index (χ4n) is 8.43. The van der Waals surface area contributed by atoms with Gasteiger partial charge in [0.15, 0.2) is 0 Å². The first-order valence-corrected chi connectivity index (χ1v) is 25.9. The van der Waals surface area contributed by atoms with Gasteiger partial charge in [-0.15, -0.1) is 0 Å². The van der Waals surface area contributed by atoms with E-state index in [1.807, 2.05) is 0 Å². The molecule has 1 aliphatic heterocycles. The normalized spacial score (nSPS) is 13.0. The van der Waals surface area contributed by atoms with Gasteiger partial charge in [-0.05, 0) is 131 Å². The van der Waals surface area contributed by atoms with Crippen molar-refractivity contribution in [3.05, 3.63) is 85.5 Å². The van der Waals surface area contributed by atoms with Crippen LogP contribution in [0.2, 0.25) is 9.79 Å². The number of hydrogen-bond donors (Lipinski definition) is 0. The van der Waals surface area contributed by atoms with E-state index >= 15 is 0 Å². The molecule has 0 amide bonds. The molecule has 3 heteroatoms. The molecule has 0 saturated heterocycles. The molecule has 0 unspecified atom stereocenters. The first-order chi connectivity index (χ1) is 27.2. The fraction of sp³-hybridized carbons (Fsp3) is 0.698. The summed E-state index contributed by atoms with van der Waals surface area (Å²) in [5, 5.41) is 0. The van der Waals surface area contributed by atoms with Gasteiger partial charge in [-0.3, -0.25) is 0 Å². The Labute approximate surface area is 357 Å². The summed E-state index contributed by atoms with van der Waals surface area (Å²) < 4.78 is 1.50. The zero-order valence-electron chi connectivity index (χ0n) is 38.6. The second kappa shape index (κ2) is 30.3. The topological polar surface area (TPSA) is 25.3 Å². The average molecular weight is 860 g/mol. The Hall–Kier alpha value is -1.82. The predicted molar refractivity (Wildman–Crippen MR) is 247 cm³/mol. The van der Waals surface area contributed by atoms with Crippen LogP contribution in [0.1, 0.15) is 234 Å². The first-order valence-electron chi connectivity index (χ1n) is 23.8. The Morgan fingerprint density at radius 2 is 0.732 bits per heavy atom. The van der Waals surface area contributed by atoms with Crippen molar-refractivity contribution in [1.82, 2.24) is 0 Å². The van der Waals surface area contributed by atoms with Gasteiger partial charge in [-0.1, -0.05) is 40.0 Å². The maximum absolute atomic E-state index is 11.7. The van der Waals surface area contributed by atoms with Crippen LogP contribution >= 0.6 is 0 Å². The van der Waals surface area contributed by atoms with Crippen LogP contribution in [0, 0.1) is 27.7 Å². The molecular formula is C53H88N2Pd. The van der Waals surface area contributed by atoms with E-state index in [1.165, 1.54) is 178 Å². The maximum atomic E-state index is 11.7. The molecule has 320 valence electrons. The molecule has 0 atom stereocenters. The summed E-state index contributed by atoms with van der Waals surface area (Å²) in [5.74, 6) is 0. The van der Waals surface area contributed by atoms with Crippen LogP contribution in [-0.4, -0.2) is 4.70 Å². The van der Waals surface area contributed by atoms with Crippen LogP contribution in [0.15, 0.2) is 35.4 Å². The predicted octanol–water partition coefficient (Wildman–Crippen LogP) is 18.2. The van der Waals surface area contributed by atoms with Gasteiger partial charge in [-0.25, -0.2) is 4.70 Å². The second-order valence-corrected chi connectivity index (χ2v) is 19.4. The van der Waals surface area contributed by atoms with E-state index < -0.39 is 0 Å². The molecule has 0 bridgehead atoms. The Balaban J connectivity index is 0.000000443. The summed E-state index contributed by atoms with van der Waals surface area (Å²) in [7, 11) is 0. The number of allylic oxidation sites excluding steroid dienone is 2. The SMILES string of the molecule is CCCCC1=C(c2cc(C)c(CCCC)c(C)c2)[N+](=[N-])C(c2cc(C)c(CCCC)c(C)c2)=C1C.CCCCCCCCC[CH2][Pd][CH2]CCCCCCCCC. The molecule has 56 heavy (non-hydrogen) atoms. The number of benzene rings is 2. The quantitative estimate of drug-likeness (QED) is 0.0442. The zero-order chi connectivity index (χ0) is 41.1. The Morgan fingerprint density at radius 1 is 0.411 bits per heavy atom. The van der Waals surface area contributed by atoms with E-state index in [2.05, 4.69) is 93.5 Å². The van der Waals surface area contributed by atoms with Gasteiger partial charge in [0.05, 0.1) is 0 Å². The van der Waals surface area contributed by atoms with Crippen LogP contribution in [0.3, 0.4) is 0 Å². The second-order valence-electron chi connectivity index (χ2n) is 17.0. The molecule has 0 fully saturated rings. The van der Waals surface area contributed by atoms with Gasteiger partial charge in [0.2, 0.25) is 11.4 Å². The summed E-state index contributed by atoms with van der Waals surface area (Å²) in [6.07, 6.45) is 33.9. The van der Waals surface area contributed by atoms with Gasteiger partial charge in [-0.2, -0.15) is 0 Å². The molecule has 2 nitrogen and oxygen atoms in total. The molecule has 0 N–H and O–H groups in total. The summed E-state index contributed by atoms with van der Waals surface area (Å²) in [6, 6.07) is 9.15. The molecule has 0 radical (unpaired) electrons. The van der Waals surface area contributed by atoms with E-state index in [-0.39, 0.29) is 0 Å². The van der Waals surface area contributed by atoms with Crippen molar-refractivity contribution < 1.29 is 22.7 Å². The number of nitrogens with zero attached hydrogens (tertiary/aromatic N) is 2. The fourth-order valence-corrected chi connectivity index (χ4v) is 10.4. The Kier molecular flexibility index (Phi) is 27.2. The van der Waals surface area contributed by atoms with Crippen molar-refractivity contribution in [2.45, 2.75) is 240 Å². The third-order valence-corrected chi connectivity index (χ3v) is 14.2. The molecular weight excluding hydrogens is 771 g/mol. The van der Waals surface area contributed by atoms with Gasteiger partial charge in [0.25, 0.3) is 0 Å². The molecule has 1 heterocycles. The van der Waals surface area contributed by atoms with Crippen LogP contribution in [0.25, 0.3) is 16.9 Å². The molecule has 0 spiro atoms. The van der Waals surface area contributed by atoms with E-state index in [9.17, 15) is 5.53 Å². The van der Waals surface area contributed by atoms with Crippen LogP contribution in [-0.2, 0) is 30.8 Å². The Morgan fingerprint density at radius 3 is 1.11 bits per heavy atom. The van der Waals surface area contributed by atoms with Crippen molar-refractivity contribution in [1.29, 1.82) is 0 Å². The standard InChI is InChI=1S/C33H46N2.2C10H21.Pd/c1-9-12-15-29-22(4)18-27(19-23(29)5)32-26(8)31(17-14-11-3)33(35(32)34)28-20-24(6)30(16-13-10-2)25(7)21-28;2*1-3-5-7-9-10-8-6-4-2;/h18-21H,9-17H2,1-8H3;2*1,3-10H2,2H3;. The third kappa shape index (κ3) is 17.6. The van der Waals surface area contributed by atoms with Crippen LogP contribution in [0.4, 0.5) is 0 Å². The summed E-state index contributed by atoms with van der Waals surface area (Å²) in [4.78, 5) is 3.08. The van der Waals surface area contributed by atoms with Gasteiger partial charge in [0.1, 0.15) is 0 Å². The first kappa shape index (κ1) is 50.3. The molecule has 2 aromatic rings. The van der Waals surface area contributed by atoms with Gasteiger partial charge < -0.3 is 5.53 Å². The van der Waals surface area contributed by atoms with E-state index in [1.54, 1.807) is 9.79 Å². The zero-order valence-corrected chi connectivity index (χ0v) is 40.2. The third-order valence-electron chi connectivity index (χ3n) is 12.0. The van der Waals surface area contributed by atoms with Crippen LogP contribution in [0.5, 0.6) is 0 Å². The van der Waals surface area contributed by atoms with E-state index in [0.29, 0.717) is 0 Å². The van der Waals surface area contributed by atoms with Crippen molar-refractivity contribution in [2.75, 3.05) is 0 Å². The van der Waals surface area contributed by atoms with Crippen molar-refractivity contribution >= 4 is 11.4 Å². The number of hydrogen-bond acceptors (Lipinski definition) is 0.